The van der Waals surface area contributed by atoms with E-state index in [1.165, 1.54) is 6.42 Å². The summed E-state index contributed by atoms with van der Waals surface area (Å²) in [6.45, 7) is 4.05. The highest BCUT2D eigenvalue weighted by Gasteiger charge is 2.45. The van der Waals surface area contributed by atoms with Crippen LogP contribution in [-0.4, -0.2) is 57.4 Å². The number of nitrogens with one attached hydrogen (secondary N) is 1. The lowest BCUT2D eigenvalue weighted by Crippen LogP contribution is -2.63. The van der Waals surface area contributed by atoms with Crippen molar-refractivity contribution in [2.45, 2.75) is 44.2 Å². The first-order valence-corrected chi connectivity index (χ1v) is 9.84. The van der Waals surface area contributed by atoms with Gasteiger partial charge in [0.25, 0.3) is 5.56 Å². The van der Waals surface area contributed by atoms with Gasteiger partial charge in [-0.25, -0.2) is 4.98 Å². The number of piperidine rings is 2. The molecule has 28 heavy (non-hydrogen) atoms. The number of para-hydroxylation sites is 1. The molecular formula is C20H28ClN5O2. The largest absolute Gasteiger partial charge is 0.368 e. The van der Waals surface area contributed by atoms with Gasteiger partial charge < -0.3 is 10.7 Å². The van der Waals surface area contributed by atoms with Crippen LogP contribution in [0.5, 0.6) is 0 Å². The Labute approximate surface area is 170 Å². The van der Waals surface area contributed by atoms with Crippen molar-refractivity contribution in [3.8, 4) is 0 Å². The summed E-state index contributed by atoms with van der Waals surface area (Å²) in [5.41, 5.74) is 5.95. The smallest absolute Gasteiger partial charge is 0.258 e. The van der Waals surface area contributed by atoms with Crippen LogP contribution in [0.3, 0.4) is 0 Å². The summed E-state index contributed by atoms with van der Waals surface area (Å²) in [4.78, 5) is 36.6. The molecule has 2 aromatic rings. The first kappa shape index (κ1) is 20.8. The van der Waals surface area contributed by atoms with Crippen LogP contribution >= 0.6 is 12.4 Å². The van der Waals surface area contributed by atoms with Crippen LogP contribution in [0.25, 0.3) is 10.9 Å². The van der Waals surface area contributed by atoms with Gasteiger partial charge in [0.15, 0.2) is 0 Å². The summed E-state index contributed by atoms with van der Waals surface area (Å²) in [7, 11) is 0. The van der Waals surface area contributed by atoms with Gasteiger partial charge in [-0.2, -0.15) is 0 Å². The predicted molar refractivity (Wildman–Crippen MR) is 111 cm³/mol. The Balaban J connectivity index is 0.00000225. The molecule has 1 amide bonds. The van der Waals surface area contributed by atoms with E-state index in [-0.39, 0.29) is 23.9 Å². The van der Waals surface area contributed by atoms with Crippen LogP contribution in [-0.2, 0) is 11.3 Å². The summed E-state index contributed by atoms with van der Waals surface area (Å²) in [6, 6.07) is 7.37. The second-order valence-corrected chi connectivity index (χ2v) is 7.75. The van der Waals surface area contributed by atoms with Crippen molar-refractivity contribution in [1.82, 2.24) is 19.8 Å². The highest BCUT2D eigenvalue weighted by atomic mass is 35.5. The van der Waals surface area contributed by atoms with E-state index in [0.29, 0.717) is 23.3 Å². The summed E-state index contributed by atoms with van der Waals surface area (Å²) >= 11 is 0. The number of fused-ring (bicyclic) bond motifs is 1. The standard InChI is InChI=1S/C20H27N5O2.ClH/c21-19(27)20(25-10-4-1-5-11-25)8-12-24(13-9-20)14-17-22-16-7-3-2-6-15(16)18(26)23-17;/h2-3,6-7H,1,4-5,8-14H2,(H2,21,27)(H,22,23,26);1H. The lowest BCUT2D eigenvalue weighted by Gasteiger charge is -2.48. The number of carbonyl (C=O) groups is 1. The molecule has 3 N–H and O–H groups in total. The normalized spacial score (nSPS) is 20.6. The summed E-state index contributed by atoms with van der Waals surface area (Å²) in [5, 5.41) is 0.609. The van der Waals surface area contributed by atoms with Gasteiger partial charge in [0.2, 0.25) is 5.91 Å². The van der Waals surface area contributed by atoms with E-state index in [1.807, 2.05) is 18.2 Å². The SMILES string of the molecule is Cl.NC(=O)C1(N2CCCCC2)CCN(Cc2nc3ccccc3c(=O)[nH]2)CC1. The summed E-state index contributed by atoms with van der Waals surface area (Å²) in [5.74, 6) is 0.476. The molecule has 2 aliphatic rings. The number of amides is 1. The Morgan fingerprint density at radius 3 is 2.46 bits per heavy atom. The molecular weight excluding hydrogens is 378 g/mol. The van der Waals surface area contributed by atoms with Gasteiger partial charge in [-0.3, -0.25) is 19.4 Å². The summed E-state index contributed by atoms with van der Waals surface area (Å²) < 4.78 is 0. The number of benzene rings is 1. The van der Waals surface area contributed by atoms with Crippen molar-refractivity contribution in [2.24, 2.45) is 5.73 Å². The number of nitrogens with zero attached hydrogens (tertiary/aromatic N) is 3. The van der Waals surface area contributed by atoms with Crippen LogP contribution in [0, 0.1) is 0 Å². The van der Waals surface area contributed by atoms with Crippen LogP contribution in [0.1, 0.15) is 37.9 Å². The molecule has 0 saturated carbocycles. The van der Waals surface area contributed by atoms with Crippen molar-refractivity contribution < 1.29 is 4.79 Å². The number of aromatic amines is 1. The zero-order chi connectivity index (χ0) is 18.9. The van der Waals surface area contributed by atoms with Crippen LogP contribution in [0.2, 0.25) is 0 Å². The maximum Gasteiger partial charge on any atom is 0.258 e. The molecule has 0 atom stereocenters. The molecule has 3 heterocycles. The van der Waals surface area contributed by atoms with Crippen LogP contribution in [0.4, 0.5) is 0 Å². The highest BCUT2D eigenvalue weighted by Crippen LogP contribution is 2.31. The number of aromatic nitrogens is 2. The predicted octanol–water partition coefficient (Wildman–Crippen LogP) is 1.65. The first-order valence-electron chi connectivity index (χ1n) is 9.84. The Morgan fingerprint density at radius 1 is 1.11 bits per heavy atom. The topological polar surface area (TPSA) is 95.3 Å². The molecule has 2 saturated heterocycles. The fourth-order valence-electron chi connectivity index (χ4n) is 4.54. The van der Waals surface area contributed by atoms with E-state index in [0.717, 1.165) is 51.9 Å². The average molecular weight is 406 g/mol. The first-order chi connectivity index (χ1) is 13.1. The van der Waals surface area contributed by atoms with Crippen LogP contribution in [0.15, 0.2) is 29.1 Å². The third-order valence-electron chi connectivity index (χ3n) is 6.14. The van der Waals surface area contributed by atoms with Gasteiger partial charge in [0.05, 0.1) is 17.4 Å². The van der Waals surface area contributed by atoms with Gasteiger partial charge in [-0.1, -0.05) is 18.6 Å². The van der Waals surface area contributed by atoms with Gasteiger partial charge in [0, 0.05) is 13.1 Å². The number of halogens is 1. The molecule has 4 rings (SSSR count). The molecule has 0 spiro atoms. The maximum absolute atomic E-state index is 12.3. The molecule has 0 radical (unpaired) electrons. The monoisotopic (exact) mass is 405 g/mol. The van der Waals surface area contributed by atoms with E-state index in [4.69, 9.17) is 5.73 Å². The van der Waals surface area contributed by atoms with Gasteiger partial charge in [0.1, 0.15) is 11.4 Å². The van der Waals surface area contributed by atoms with Crippen molar-refractivity contribution >= 4 is 29.2 Å². The van der Waals surface area contributed by atoms with Gasteiger partial charge >= 0.3 is 0 Å². The highest BCUT2D eigenvalue weighted by molar-refractivity contribution is 5.85. The Kier molecular flexibility index (Phi) is 6.37. The molecule has 8 heteroatoms. The summed E-state index contributed by atoms with van der Waals surface area (Å²) in [6.07, 6.45) is 4.99. The molecule has 2 aliphatic heterocycles. The number of carbonyl (C=O) groups excluding carboxylic acids is 1. The fourth-order valence-corrected chi connectivity index (χ4v) is 4.54. The Morgan fingerprint density at radius 2 is 1.79 bits per heavy atom. The molecule has 7 nitrogen and oxygen atoms in total. The minimum Gasteiger partial charge on any atom is -0.368 e. The number of hydrogen-bond donors (Lipinski definition) is 2. The fraction of sp³-hybridized carbons (Fsp3) is 0.550. The van der Waals surface area contributed by atoms with Crippen molar-refractivity contribution in [2.75, 3.05) is 26.2 Å². The molecule has 0 aliphatic carbocycles. The van der Waals surface area contributed by atoms with E-state index in [1.54, 1.807) is 6.07 Å². The average Bonchev–Trinajstić information content (AvgIpc) is 2.69. The van der Waals surface area contributed by atoms with E-state index >= 15 is 0 Å². The number of likely N-dealkylation sites (tertiary alicyclic amines) is 2. The number of rotatable bonds is 4. The van der Waals surface area contributed by atoms with E-state index < -0.39 is 5.54 Å². The molecule has 2 fully saturated rings. The van der Waals surface area contributed by atoms with Crippen molar-refractivity contribution in [3.63, 3.8) is 0 Å². The van der Waals surface area contributed by atoms with E-state index in [2.05, 4.69) is 19.8 Å². The molecule has 1 aromatic carbocycles. The van der Waals surface area contributed by atoms with Gasteiger partial charge in [-0.15, -0.1) is 12.4 Å². The Bertz CT molecular complexity index is 886. The third kappa shape index (κ3) is 3.92. The third-order valence-corrected chi connectivity index (χ3v) is 6.14. The Hall–Kier alpha value is -1.96. The zero-order valence-corrected chi connectivity index (χ0v) is 16.8. The number of nitrogens with two attached hydrogens (primary N) is 1. The minimum absolute atomic E-state index is 0. The number of H-pyrrole nitrogens is 1. The number of primary amides is 1. The molecule has 152 valence electrons. The quantitative estimate of drug-likeness (QED) is 0.806. The van der Waals surface area contributed by atoms with Crippen molar-refractivity contribution in [3.05, 3.63) is 40.4 Å². The minimum atomic E-state index is -0.513. The maximum atomic E-state index is 12.3. The lowest BCUT2D eigenvalue weighted by atomic mass is 9.83. The van der Waals surface area contributed by atoms with E-state index in [9.17, 15) is 9.59 Å². The van der Waals surface area contributed by atoms with Gasteiger partial charge in [-0.05, 0) is 50.9 Å². The second kappa shape index (κ2) is 8.59. The van der Waals surface area contributed by atoms with Crippen molar-refractivity contribution in [1.29, 1.82) is 0 Å². The molecule has 0 unspecified atom stereocenters. The zero-order valence-electron chi connectivity index (χ0n) is 16.0. The molecule has 0 bridgehead atoms. The number of hydrogen-bond acceptors (Lipinski definition) is 5. The van der Waals surface area contributed by atoms with Crippen LogP contribution < -0.4 is 11.3 Å². The second-order valence-electron chi connectivity index (χ2n) is 7.75. The lowest BCUT2D eigenvalue weighted by molar-refractivity contribution is -0.135. The molecule has 1 aromatic heterocycles.